The molecule has 1 amide bonds. The molecule has 3 unspecified atom stereocenters. The number of esters is 1. The van der Waals surface area contributed by atoms with E-state index in [4.69, 9.17) is 13.8 Å². The Morgan fingerprint density at radius 3 is 1.26 bits per heavy atom. The molecular formula is C68H122N2O7P+. The summed E-state index contributed by atoms with van der Waals surface area (Å²) < 4.78 is 30.7. The molecule has 0 radical (unpaired) electrons. The first-order chi connectivity index (χ1) is 37.9. The lowest BCUT2D eigenvalue weighted by Crippen LogP contribution is -2.47. The van der Waals surface area contributed by atoms with Gasteiger partial charge in [0, 0.05) is 12.8 Å². The number of allylic oxidation sites excluding steroid dienone is 15. The quantitative estimate of drug-likeness (QED) is 0.0205. The van der Waals surface area contributed by atoms with Gasteiger partial charge in [-0.3, -0.25) is 18.6 Å². The average Bonchev–Trinajstić information content (AvgIpc) is 3.40. The second-order valence-corrected chi connectivity index (χ2v) is 24.0. The van der Waals surface area contributed by atoms with E-state index in [0.717, 1.165) is 122 Å². The van der Waals surface area contributed by atoms with E-state index in [1.165, 1.54) is 109 Å². The summed E-state index contributed by atoms with van der Waals surface area (Å²) in [6.07, 6.45) is 76.8. The molecule has 0 saturated carbocycles. The minimum Gasteiger partial charge on any atom is -0.456 e. The third kappa shape index (κ3) is 57.6. The second kappa shape index (κ2) is 57.2. The number of phosphoric ester groups is 1. The SMILES string of the molecule is CC/C=C\C/C=C\C/C=C\C/C=C\C/C=C\CCCCCCCC(=O)OC(/C=C/CCCCCCCCCCCC)C(COP(=O)(O)OCC[N+](C)(C)C)NC(=O)CCCCCCCCCCC/C=C\C/C=C\CCCCC. The molecule has 0 fully saturated rings. The highest BCUT2D eigenvalue weighted by Crippen LogP contribution is 2.43. The summed E-state index contributed by atoms with van der Waals surface area (Å²) in [6.45, 7) is 6.86. The van der Waals surface area contributed by atoms with E-state index < -0.39 is 20.0 Å². The number of unbranched alkanes of at least 4 members (excludes halogenated alkanes) is 27. The van der Waals surface area contributed by atoms with Gasteiger partial charge in [-0.1, -0.05) is 247 Å². The summed E-state index contributed by atoms with van der Waals surface area (Å²) in [5.41, 5.74) is 0. The molecule has 450 valence electrons. The van der Waals surface area contributed by atoms with Gasteiger partial charge in [-0.2, -0.15) is 0 Å². The topological polar surface area (TPSA) is 111 Å². The van der Waals surface area contributed by atoms with E-state index in [-0.39, 0.29) is 31.5 Å². The molecule has 3 atom stereocenters. The summed E-state index contributed by atoms with van der Waals surface area (Å²) in [6, 6.07) is -0.864. The minimum absolute atomic E-state index is 0.0318. The maximum absolute atomic E-state index is 13.6. The molecule has 0 aromatic carbocycles. The Morgan fingerprint density at radius 2 is 0.821 bits per heavy atom. The standard InChI is InChI=1S/C68H121N2O7P/c1-7-10-13-16-19-22-25-28-30-32-34-35-37-39-41-43-46-49-52-55-58-61-68(72)77-66(59-56-53-50-47-44-27-24-21-18-15-12-9-3)65(64-76-78(73,74)75-63-62-70(4,5)6)69-67(71)60-57-54-51-48-45-42-40-38-36-33-31-29-26-23-20-17-14-11-8-2/h10,13,19-20,22-23,28-31,34-35,39,41,56,59,65-66H,7-9,11-12,14-18,21,24-27,32-33,36-38,40,42-55,57-58,60-64H2,1-6H3,(H-,69,71,73,74)/p+1/b13-10-,22-19-,23-20-,30-28-,31-29-,35-34-,41-39-,59-56+. The first-order valence-corrected chi connectivity index (χ1v) is 33.6. The Hall–Kier alpha value is -3.07. The van der Waals surface area contributed by atoms with Gasteiger partial charge in [-0.25, -0.2) is 4.57 Å². The number of carbonyl (C=O) groups excluding carboxylic acids is 2. The average molecular weight is 1110 g/mol. The van der Waals surface area contributed by atoms with E-state index in [9.17, 15) is 19.0 Å². The number of hydrogen-bond donors (Lipinski definition) is 2. The largest absolute Gasteiger partial charge is 0.472 e. The molecule has 0 bridgehead atoms. The van der Waals surface area contributed by atoms with Crippen molar-refractivity contribution in [3.05, 3.63) is 97.2 Å². The van der Waals surface area contributed by atoms with Crippen LogP contribution in [0.15, 0.2) is 97.2 Å². The molecule has 9 nitrogen and oxygen atoms in total. The molecule has 0 heterocycles. The van der Waals surface area contributed by atoms with Crippen molar-refractivity contribution in [3.63, 3.8) is 0 Å². The van der Waals surface area contributed by atoms with Gasteiger partial charge in [-0.05, 0) is 109 Å². The fourth-order valence-electron chi connectivity index (χ4n) is 8.82. The molecule has 10 heteroatoms. The molecule has 2 N–H and O–H groups in total. The van der Waals surface area contributed by atoms with E-state index >= 15 is 0 Å². The van der Waals surface area contributed by atoms with Gasteiger partial charge in [0.15, 0.2) is 0 Å². The normalized spacial score (nSPS) is 14.3. The Kier molecular flexibility index (Phi) is 54.9. The van der Waals surface area contributed by atoms with E-state index in [1.807, 2.05) is 33.3 Å². The monoisotopic (exact) mass is 1110 g/mol. The van der Waals surface area contributed by atoms with Gasteiger partial charge >= 0.3 is 13.8 Å². The van der Waals surface area contributed by atoms with Crippen LogP contribution in [0.4, 0.5) is 0 Å². The molecule has 0 aliphatic carbocycles. The summed E-state index contributed by atoms with van der Waals surface area (Å²) >= 11 is 0. The Labute approximate surface area is 481 Å². The van der Waals surface area contributed by atoms with Crippen LogP contribution < -0.4 is 5.32 Å². The molecule has 0 rings (SSSR count). The van der Waals surface area contributed by atoms with Gasteiger partial charge < -0.3 is 19.4 Å². The van der Waals surface area contributed by atoms with Crippen LogP contribution in [-0.4, -0.2) is 74.3 Å². The van der Waals surface area contributed by atoms with E-state index in [0.29, 0.717) is 23.9 Å². The van der Waals surface area contributed by atoms with Crippen molar-refractivity contribution in [1.29, 1.82) is 0 Å². The number of nitrogens with one attached hydrogen (secondary N) is 1. The molecule has 0 aromatic heterocycles. The fraction of sp³-hybridized carbons (Fsp3) is 0.735. The minimum atomic E-state index is -4.46. The van der Waals surface area contributed by atoms with Crippen molar-refractivity contribution in [1.82, 2.24) is 5.32 Å². The number of hydrogen-bond acceptors (Lipinski definition) is 6. The van der Waals surface area contributed by atoms with Crippen LogP contribution in [0.3, 0.4) is 0 Å². The molecule has 78 heavy (non-hydrogen) atoms. The Bertz CT molecular complexity index is 1660. The molecule has 0 spiro atoms. The van der Waals surface area contributed by atoms with Crippen molar-refractivity contribution < 1.29 is 37.3 Å². The number of phosphoric acid groups is 1. The van der Waals surface area contributed by atoms with Crippen molar-refractivity contribution >= 4 is 19.7 Å². The Morgan fingerprint density at radius 1 is 0.462 bits per heavy atom. The van der Waals surface area contributed by atoms with Crippen LogP contribution in [0.1, 0.15) is 271 Å². The van der Waals surface area contributed by atoms with Crippen molar-refractivity contribution in [2.75, 3.05) is 40.9 Å². The zero-order valence-corrected chi connectivity index (χ0v) is 52.3. The highest BCUT2D eigenvalue weighted by Gasteiger charge is 2.30. The highest BCUT2D eigenvalue weighted by molar-refractivity contribution is 7.47. The molecule has 0 aliphatic rings. The predicted molar refractivity (Wildman–Crippen MR) is 337 cm³/mol. The van der Waals surface area contributed by atoms with Crippen LogP contribution in [0, 0.1) is 0 Å². The van der Waals surface area contributed by atoms with Gasteiger partial charge in [0.25, 0.3) is 0 Å². The maximum atomic E-state index is 13.6. The van der Waals surface area contributed by atoms with Crippen LogP contribution in [0.5, 0.6) is 0 Å². The van der Waals surface area contributed by atoms with Crippen LogP contribution in [0.2, 0.25) is 0 Å². The number of amides is 1. The first-order valence-electron chi connectivity index (χ1n) is 32.1. The Balaban J connectivity index is 5.27. The third-order valence-corrected chi connectivity index (χ3v) is 14.7. The van der Waals surface area contributed by atoms with Crippen molar-refractivity contribution in [2.45, 2.75) is 283 Å². The third-order valence-electron chi connectivity index (χ3n) is 13.8. The molecule has 0 saturated heterocycles. The summed E-state index contributed by atoms with van der Waals surface area (Å²) in [7, 11) is 1.47. The van der Waals surface area contributed by atoms with Crippen LogP contribution >= 0.6 is 7.82 Å². The van der Waals surface area contributed by atoms with Gasteiger partial charge in [-0.15, -0.1) is 0 Å². The number of carbonyl (C=O) groups is 2. The number of likely N-dealkylation sites (N-methyl/N-ethyl adjacent to an activating group) is 1. The summed E-state index contributed by atoms with van der Waals surface area (Å²) in [4.78, 5) is 37.8. The lowest BCUT2D eigenvalue weighted by Gasteiger charge is -2.27. The van der Waals surface area contributed by atoms with Gasteiger partial charge in [0.1, 0.15) is 19.3 Å². The van der Waals surface area contributed by atoms with E-state index in [1.54, 1.807) is 0 Å². The number of nitrogens with zero attached hydrogens (tertiary/aromatic N) is 1. The number of ether oxygens (including phenoxy) is 1. The smallest absolute Gasteiger partial charge is 0.456 e. The van der Waals surface area contributed by atoms with Crippen LogP contribution in [0.25, 0.3) is 0 Å². The van der Waals surface area contributed by atoms with Crippen LogP contribution in [-0.2, 0) is 27.9 Å². The number of rotatable bonds is 57. The predicted octanol–water partition coefficient (Wildman–Crippen LogP) is 19.9. The first kappa shape index (κ1) is 74.9. The lowest BCUT2D eigenvalue weighted by atomic mass is 10.0. The van der Waals surface area contributed by atoms with Crippen molar-refractivity contribution in [3.8, 4) is 0 Å². The van der Waals surface area contributed by atoms with Gasteiger partial charge in [0.2, 0.25) is 5.91 Å². The zero-order valence-electron chi connectivity index (χ0n) is 51.4. The molecular weight excluding hydrogens is 988 g/mol. The molecule has 0 aliphatic heterocycles. The maximum Gasteiger partial charge on any atom is 0.472 e. The molecule has 0 aromatic rings. The second-order valence-electron chi connectivity index (χ2n) is 22.5. The van der Waals surface area contributed by atoms with E-state index in [2.05, 4.69) is 111 Å². The van der Waals surface area contributed by atoms with Crippen molar-refractivity contribution in [2.24, 2.45) is 0 Å². The lowest BCUT2D eigenvalue weighted by molar-refractivity contribution is -0.870. The van der Waals surface area contributed by atoms with Gasteiger partial charge in [0.05, 0.1) is 33.8 Å². The summed E-state index contributed by atoms with van der Waals surface area (Å²) in [5.74, 6) is -0.533. The summed E-state index contributed by atoms with van der Waals surface area (Å²) in [5, 5.41) is 3.05. The zero-order chi connectivity index (χ0) is 57.2. The number of quaternary nitrogens is 1. The highest BCUT2D eigenvalue weighted by atomic mass is 31.2. The fourth-order valence-corrected chi connectivity index (χ4v) is 9.56.